The van der Waals surface area contributed by atoms with Crippen molar-refractivity contribution in [2.24, 2.45) is 0 Å². The number of nitrogens with one attached hydrogen (secondary N) is 1. The number of rotatable bonds is 11. The maximum atomic E-state index is 13.5. The van der Waals surface area contributed by atoms with Gasteiger partial charge in [0.15, 0.2) is 0 Å². The average Bonchev–Trinajstić information content (AvgIpc) is 2.75. The van der Waals surface area contributed by atoms with Gasteiger partial charge in [0.25, 0.3) is 0 Å². The van der Waals surface area contributed by atoms with E-state index in [4.69, 9.17) is 0 Å². The van der Waals surface area contributed by atoms with E-state index in [1.807, 2.05) is 52.0 Å². The quantitative estimate of drug-likeness (QED) is 0.542. The van der Waals surface area contributed by atoms with Gasteiger partial charge in [-0.1, -0.05) is 61.4 Å². The molecule has 0 fully saturated rings. The first-order valence-electron chi connectivity index (χ1n) is 11.2. The van der Waals surface area contributed by atoms with Gasteiger partial charge in [-0.05, 0) is 44.4 Å². The fourth-order valence-corrected chi connectivity index (χ4v) is 4.47. The second kappa shape index (κ2) is 11.8. The van der Waals surface area contributed by atoms with E-state index in [0.717, 1.165) is 33.7 Å². The van der Waals surface area contributed by atoms with Crippen LogP contribution in [0.5, 0.6) is 0 Å². The second-order valence-corrected chi connectivity index (χ2v) is 10.2. The first-order chi connectivity index (χ1) is 15.6. The minimum atomic E-state index is -3.72. The Balaban J connectivity index is 2.41. The van der Waals surface area contributed by atoms with Gasteiger partial charge in [-0.3, -0.25) is 13.9 Å². The predicted octanol–water partition coefficient (Wildman–Crippen LogP) is 3.40. The van der Waals surface area contributed by atoms with Crippen molar-refractivity contribution in [1.29, 1.82) is 0 Å². The molecule has 0 aliphatic carbocycles. The molecule has 1 atom stereocenters. The highest BCUT2D eigenvalue weighted by Crippen LogP contribution is 2.20. The van der Waals surface area contributed by atoms with E-state index < -0.39 is 22.0 Å². The highest BCUT2D eigenvalue weighted by Gasteiger charge is 2.31. The lowest BCUT2D eigenvalue weighted by Gasteiger charge is -2.33. The average molecular weight is 474 g/mol. The minimum Gasteiger partial charge on any atom is -0.354 e. The summed E-state index contributed by atoms with van der Waals surface area (Å²) in [5.41, 5.74) is 3.32. The lowest BCUT2D eigenvalue weighted by Crippen LogP contribution is -2.52. The molecule has 0 aliphatic heterocycles. The van der Waals surface area contributed by atoms with Crippen molar-refractivity contribution in [3.05, 3.63) is 65.2 Å². The Hall–Kier alpha value is -2.87. The van der Waals surface area contributed by atoms with Crippen LogP contribution >= 0.6 is 0 Å². The summed E-state index contributed by atoms with van der Waals surface area (Å²) in [5, 5.41) is 2.87. The van der Waals surface area contributed by atoms with E-state index in [0.29, 0.717) is 18.7 Å². The molecule has 0 saturated heterocycles. The monoisotopic (exact) mass is 473 g/mol. The number of nitrogens with zero attached hydrogens (tertiary/aromatic N) is 2. The van der Waals surface area contributed by atoms with Gasteiger partial charge in [-0.15, -0.1) is 0 Å². The summed E-state index contributed by atoms with van der Waals surface area (Å²) in [6, 6.07) is 14.0. The van der Waals surface area contributed by atoms with E-state index in [1.165, 1.54) is 4.90 Å². The van der Waals surface area contributed by atoms with Gasteiger partial charge in [0.2, 0.25) is 21.8 Å². The molecular formula is C25H35N3O4S. The summed E-state index contributed by atoms with van der Waals surface area (Å²) in [6.45, 7) is 8.02. The number of carbonyl (C=O) groups is 2. The zero-order chi connectivity index (χ0) is 24.6. The summed E-state index contributed by atoms with van der Waals surface area (Å²) in [5.74, 6) is -0.664. The fraction of sp³-hybridized carbons (Fsp3) is 0.440. The largest absolute Gasteiger partial charge is 0.354 e. The Labute approximate surface area is 197 Å². The maximum absolute atomic E-state index is 13.5. The molecule has 7 nitrogen and oxygen atoms in total. The molecule has 2 aromatic rings. The highest BCUT2D eigenvalue weighted by atomic mass is 32.2. The SMILES string of the molecule is CCCNC(=O)[C@@H](CC)N(Cc1cccc(C)c1)C(=O)CN(c1ccc(C)cc1)S(C)(=O)=O. The van der Waals surface area contributed by atoms with Crippen molar-refractivity contribution in [2.75, 3.05) is 23.7 Å². The van der Waals surface area contributed by atoms with E-state index in [1.54, 1.807) is 24.3 Å². The molecule has 1 N–H and O–H groups in total. The lowest BCUT2D eigenvalue weighted by molar-refractivity contribution is -0.140. The number of sulfonamides is 1. The topological polar surface area (TPSA) is 86.8 Å². The van der Waals surface area contributed by atoms with Crippen LogP contribution in [0.25, 0.3) is 0 Å². The Morgan fingerprint density at radius 1 is 1.00 bits per heavy atom. The maximum Gasteiger partial charge on any atom is 0.244 e. The van der Waals surface area contributed by atoms with Crippen LogP contribution in [-0.2, 0) is 26.2 Å². The predicted molar refractivity (Wildman–Crippen MR) is 132 cm³/mol. The van der Waals surface area contributed by atoms with Gasteiger partial charge in [0.1, 0.15) is 12.6 Å². The van der Waals surface area contributed by atoms with Gasteiger partial charge in [-0.25, -0.2) is 8.42 Å². The van der Waals surface area contributed by atoms with Gasteiger partial charge in [-0.2, -0.15) is 0 Å². The smallest absolute Gasteiger partial charge is 0.244 e. The van der Waals surface area contributed by atoms with Crippen molar-refractivity contribution in [3.63, 3.8) is 0 Å². The lowest BCUT2D eigenvalue weighted by atomic mass is 10.1. The van der Waals surface area contributed by atoms with Gasteiger partial charge < -0.3 is 10.2 Å². The number of amides is 2. The number of aryl methyl sites for hydroxylation is 2. The first-order valence-corrected chi connectivity index (χ1v) is 13.1. The highest BCUT2D eigenvalue weighted by molar-refractivity contribution is 7.92. The van der Waals surface area contributed by atoms with Crippen LogP contribution in [0.4, 0.5) is 5.69 Å². The molecule has 2 amide bonds. The number of hydrogen-bond acceptors (Lipinski definition) is 4. The summed E-state index contributed by atoms with van der Waals surface area (Å²) in [6.07, 6.45) is 2.27. The standard InChI is InChI=1S/C25H35N3O4S/c1-6-15-26-25(30)23(7-2)27(17-21-10-8-9-20(4)16-21)24(29)18-28(33(5,31)32)22-13-11-19(3)12-14-22/h8-14,16,23H,6-7,15,17-18H2,1-5H3,(H,26,30)/t23-/m1/s1. The third-order valence-corrected chi connectivity index (χ3v) is 6.51. The van der Waals surface area contributed by atoms with E-state index in [2.05, 4.69) is 5.32 Å². The Kier molecular flexibility index (Phi) is 9.46. The molecule has 0 aromatic heterocycles. The molecule has 2 aromatic carbocycles. The molecular weight excluding hydrogens is 438 g/mol. The summed E-state index contributed by atoms with van der Waals surface area (Å²) in [7, 11) is -3.72. The molecule has 0 spiro atoms. The number of carbonyl (C=O) groups excluding carboxylic acids is 2. The molecule has 0 unspecified atom stereocenters. The second-order valence-electron chi connectivity index (χ2n) is 8.33. The zero-order valence-corrected chi connectivity index (χ0v) is 21.0. The van der Waals surface area contributed by atoms with Crippen LogP contribution in [-0.4, -0.2) is 50.5 Å². The number of anilines is 1. The first kappa shape index (κ1) is 26.4. The van der Waals surface area contributed by atoms with Crippen LogP contribution in [0, 0.1) is 13.8 Å². The molecule has 0 heterocycles. The van der Waals surface area contributed by atoms with Crippen molar-refractivity contribution in [1.82, 2.24) is 10.2 Å². The van der Waals surface area contributed by atoms with Gasteiger partial charge >= 0.3 is 0 Å². The third-order valence-electron chi connectivity index (χ3n) is 5.37. The molecule has 2 rings (SSSR count). The molecule has 0 radical (unpaired) electrons. The van der Waals surface area contributed by atoms with Gasteiger partial charge in [0, 0.05) is 13.1 Å². The number of benzene rings is 2. The van der Waals surface area contributed by atoms with Gasteiger partial charge in [0.05, 0.1) is 11.9 Å². The summed E-state index contributed by atoms with van der Waals surface area (Å²) < 4.78 is 26.2. The molecule has 8 heteroatoms. The fourth-order valence-electron chi connectivity index (χ4n) is 3.62. The molecule has 0 aliphatic rings. The van der Waals surface area contributed by atoms with Crippen molar-refractivity contribution >= 4 is 27.5 Å². The molecule has 0 saturated carbocycles. The Bertz CT molecular complexity index is 1050. The van der Waals surface area contributed by atoms with E-state index >= 15 is 0 Å². The van der Waals surface area contributed by atoms with Crippen LogP contribution in [0.2, 0.25) is 0 Å². The summed E-state index contributed by atoms with van der Waals surface area (Å²) in [4.78, 5) is 27.9. The third kappa shape index (κ3) is 7.60. The van der Waals surface area contributed by atoms with Crippen molar-refractivity contribution in [2.45, 2.75) is 53.1 Å². The van der Waals surface area contributed by atoms with E-state index in [-0.39, 0.29) is 19.0 Å². The van der Waals surface area contributed by atoms with Crippen LogP contribution in [0.15, 0.2) is 48.5 Å². The van der Waals surface area contributed by atoms with Crippen LogP contribution in [0.1, 0.15) is 43.4 Å². The van der Waals surface area contributed by atoms with Crippen LogP contribution < -0.4 is 9.62 Å². The molecule has 0 bridgehead atoms. The molecule has 33 heavy (non-hydrogen) atoms. The Morgan fingerprint density at radius 3 is 2.21 bits per heavy atom. The van der Waals surface area contributed by atoms with Crippen LogP contribution in [0.3, 0.4) is 0 Å². The molecule has 180 valence electrons. The number of hydrogen-bond donors (Lipinski definition) is 1. The normalized spacial score (nSPS) is 12.2. The summed E-state index contributed by atoms with van der Waals surface area (Å²) >= 11 is 0. The van der Waals surface area contributed by atoms with E-state index in [9.17, 15) is 18.0 Å². The van der Waals surface area contributed by atoms with Crippen molar-refractivity contribution < 1.29 is 18.0 Å². The zero-order valence-electron chi connectivity index (χ0n) is 20.2. The van der Waals surface area contributed by atoms with Crippen molar-refractivity contribution in [3.8, 4) is 0 Å². The Morgan fingerprint density at radius 2 is 1.67 bits per heavy atom. The minimum absolute atomic E-state index is 0.212.